The van der Waals surface area contributed by atoms with E-state index in [0.717, 1.165) is 40.4 Å². The van der Waals surface area contributed by atoms with Gasteiger partial charge in [-0.1, -0.05) is 11.6 Å². The topological polar surface area (TPSA) is 73.3 Å². The highest BCUT2D eigenvalue weighted by Gasteiger charge is 2.24. The van der Waals surface area contributed by atoms with Gasteiger partial charge in [0.25, 0.3) is 5.91 Å². The highest BCUT2D eigenvalue weighted by molar-refractivity contribution is 6.30. The molecule has 30 heavy (non-hydrogen) atoms. The fourth-order valence-electron chi connectivity index (χ4n) is 3.35. The van der Waals surface area contributed by atoms with Crippen LogP contribution in [0.15, 0.2) is 48.7 Å². The molecule has 1 unspecified atom stereocenters. The second-order valence-electron chi connectivity index (χ2n) is 7.26. The Bertz CT molecular complexity index is 1070. The number of nitrogens with zero attached hydrogens (tertiary/aromatic N) is 2. The summed E-state index contributed by atoms with van der Waals surface area (Å²) >= 11 is 5.84. The summed E-state index contributed by atoms with van der Waals surface area (Å²) in [4.78, 5) is 21.1. The zero-order valence-corrected chi connectivity index (χ0v) is 17.6. The molecule has 1 aliphatic heterocycles. The van der Waals surface area contributed by atoms with Crippen molar-refractivity contribution in [3.63, 3.8) is 0 Å². The number of rotatable bonds is 6. The first kappa shape index (κ1) is 20.2. The van der Waals surface area contributed by atoms with Crippen molar-refractivity contribution in [2.24, 2.45) is 0 Å². The maximum absolute atomic E-state index is 12.1. The van der Waals surface area contributed by atoms with Crippen LogP contribution in [0.3, 0.4) is 0 Å². The third-order valence-corrected chi connectivity index (χ3v) is 5.11. The van der Waals surface area contributed by atoms with Crippen LogP contribution in [0.5, 0.6) is 11.5 Å². The van der Waals surface area contributed by atoms with Crippen molar-refractivity contribution in [2.75, 3.05) is 13.2 Å². The van der Waals surface area contributed by atoms with Crippen LogP contribution >= 0.6 is 11.6 Å². The van der Waals surface area contributed by atoms with Crippen molar-refractivity contribution < 1.29 is 14.3 Å². The minimum atomic E-state index is -0.198. The van der Waals surface area contributed by atoms with Crippen LogP contribution in [0.2, 0.25) is 5.02 Å². The summed E-state index contributed by atoms with van der Waals surface area (Å²) in [5, 5.41) is 3.49. The molecule has 1 atom stereocenters. The molecular formula is C23H22ClN3O3. The number of ether oxygens (including phenoxy) is 2. The summed E-state index contributed by atoms with van der Waals surface area (Å²) in [5.74, 6) is 1.24. The molecule has 0 saturated carbocycles. The van der Waals surface area contributed by atoms with Crippen molar-refractivity contribution in [3.05, 3.63) is 70.6 Å². The monoisotopic (exact) mass is 423 g/mol. The van der Waals surface area contributed by atoms with E-state index in [1.165, 1.54) is 0 Å². The van der Waals surface area contributed by atoms with Crippen molar-refractivity contribution >= 4 is 17.5 Å². The molecule has 1 aliphatic rings. The average Bonchev–Trinajstić information content (AvgIpc) is 3.15. The molecule has 1 aromatic heterocycles. The average molecular weight is 424 g/mol. The van der Waals surface area contributed by atoms with Crippen LogP contribution in [-0.2, 0) is 11.2 Å². The number of hydrogen-bond acceptors (Lipinski definition) is 5. The van der Waals surface area contributed by atoms with Crippen LogP contribution in [-0.4, -0.2) is 35.1 Å². The first-order valence-corrected chi connectivity index (χ1v) is 10.1. The van der Waals surface area contributed by atoms with E-state index in [4.69, 9.17) is 21.1 Å². The van der Waals surface area contributed by atoms with Crippen LogP contribution in [0, 0.1) is 13.8 Å². The van der Waals surface area contributed by atoms with Gasteiger partial charge >= 0.3 is 0 Å². The number of hydrogen-bond donors (Lipinski definition) is 1. The molecule has 0 bridgehead atoms. The summed E-state index contributed by atoms with van der Waals surface area (Å²) in [6.45, 7) is 4.24. The molecule has 6 nitrogen and oxygen atoms in total. The number of benzene rings is 2. The fourth-order valence-corrected chi connectivity index (χ4v) is 3.48. The summed E-state index contributed by atoms with van der Waals surface area (Å²) in [7, 11) is 0. The van der Waals surface area contributed by atoms with Gasteiger partial charge in [-0.15, -0.1) is 0 Å². The molecule has 4 rings (SSSR count). The minimum absolute atomic E-state index is 0.0588. The summed E-state index contributed by atoms with van der Waals surface area (Å²) in [6.07, 6.45) is 2.38. The summed E-state index contributed by atoms with van der Waals surface area (Å²) < 4.78 is 11.4. The van der Waals surface area contributed by atoms with Crippen LogP contribution < -0.4 is 14.8 Å². The molecule has 154 valence electrons. The van der Waals surface area contributed by atoms with Gasteiger partial charge in [-0.3, -0.25) is 9.78 Å². The van der Waals surface area contributed by atoms with Gasteiger partial charge in [0.15, 0.2) is 6.61 Å². The minimum Gasteiger partial charge on any atom is -0.488 e. The Hall–Kier alpha value is -3.12. The molecule has 0 radical (unpaired) electrons. The molecular weight excluding hydrogens is 402 g/mol. The summed E-state index contributed by atoms with van der Waals surface area (Å²) in [5.41, 5.74) is 4.78. The van der Waals surface area contributed by atoms with Crippen molar-refractivity contribution in [3.8, 4) is 22.8 Å². The van der Waals surface area contributed by atoms with Gasteiger partial charge in [0.05, 0.1) is 23.6 Å². The van der Waals surface area contributed by atoms with E-state index >= 15 is 0 Å². The highest BCUT2D eigenvalue weighted by atomic mass is 35.5. The summed E-state index contributed by atoms with van der Waals surface area (Å²) in [6, 6.07) is 12.9. The van der Waals surface area contributed by atoms with Gasteiger partial charge in [0.2, 0.25) is 0 Å². The Morgan fingerprint density at radius 3 is 2.83 bits per heavy atom. The third kappa shape index (κ3) is 4.71. The molecule has 0 fully saturated rings. The van der Waals surface area contributed by atoms with Crippen molar-refractivity contribution in [1.82, 2.24) is 15.3 Å². The first-order valence-electron chi connectivity index (χ1n) is 9.73. The second-order valence-corrected chi connectivity index (χ2v) is 7.69. The number of amides is 1. The molecule has 0 spiro atoms. The SMILES string of the molecule is Cc1cnc(C)c(-c2ccc3c(c2)CC(CNC(=O)COc2ccc(Cl)cc2)O3)n1. The van der Waals surface area contributed by atoms with E-state index in [-0.39, 0.29) is 18.6 Å². The Labute approximate surface area is 180 Å². The lowest BCUT2D eigenvalue weighted by molar-refractivity contribution is -0.123. The van der Waals surface area contributed by atoms with Gasteiger partial charge < -0.3 is 14.8 Å². The van der Waals surface area contributed by atoms with Crippen molar-refractivity contribution in [2.45, 2.75) is 26.4 Å². The van der Waals surface area contributed by atoms with Crippen LogP contribution in [0.25, 0.3) is 11.3 Å². The number of carbonyl (C=O) groups is 1. The largest absolute Gasteiger partial charge is 0.488 e. The maximum atomic E-state index is 12.1. The standard InChI is InChI=1S/C23H22ClN3O3/c1-14-11-25-15(2)23(27-14)16-3-8-21-17(9-16)10-20(30-21)12-26-22(28)13-29-19-6-4-18(24)5-7-19/h3-9,11,20H,10,12-13H2,1-2H3,(H,26,28). The first-order chi connectivity index (χ1) is 14.5. The van der Waals surface area contributed by atoms with E-state index in [0.29, 0.717) is 17.3 Å². The van der Waals surface area contributed by atoms with Crippen LogP contribution in [0.4, 0.5) is 0 Å². The predicted molar refractivity (Wildman–Crippen MR) is 115 cm³/mol. The lowest BCUT2D eigenvalue weighted by atomic mass is 10.0. The predicted octanol–water partition coefficient (Wildman–Crippen LogP) is 3.91. The van der Waals surface area contributed by atoms with Gasteiger partial charge in [-0.2, -0.15) is 0 Å². The Morgan fingerprint density at radius 2 is 2.03 bits per heavy atom. The zero-order chi connectivity index (χ0) is 21.1. The van der Waals surface area contributed by atoms with E-state index in [1.54, 1.807) is 30.5 Å². The van der Waals surface area contributed by atoms with Crippen LogP contribution in [0.1, 0.15) is 17.0 Å². The maximum Gasteiger partial charge on any atom is 0.258 e. The molecule has 7 heteroatoms. The fraction of sp³-hybridized carbons (Fsp3) is 0.261. The molecule has 2 aromatic carbocycles. The molecule has 2 heterocycles. The number of aromatic nitrogens is 2. The van der Waals surface area contributed by atoms with E-state index in [1.807, 2.05) is 26.0 Å². The van der Waals surface area contributed by atoms with E-state index in [9.17, 15) is 4.79 Å². The Morgan fingerprint density at radius 1 is 1.23 bits per heavy atom. The lowest BCUT2D eigenvalue weighted by Gasteiger charge is -2.12. The number of aryl methyl sites for hydroxylation is 2. The number of carbonyl (C=O) groups excluding carboxylic acids is 1. The Balaban J connectivity index is 1.32. The van der Waals surface area contributed by atoms with Gasteiger partial charge in [0.1, 0.15) is 17.6 Å². The quantitative estimate of drug-likeness (QED) is 0.650. The zero-order valence-electron chi connectivity index (χ0n) is 16.8. The van der Waals surface area contributed by atoms with Gasteiger partial charge in [0, 0.05) is 23.2 Å². The van der Waals surface area contributed by atoms with Crippen molar-refractivity contribution in [1.29, 1.82) is 0 Å². The molecule has 1 N–H and O–H groups in total. The second kappa shape index (κ2) is 8.71. The van der Waals surface area contributed by atoms with E-state index in [2.05, 4.69) is 21.4 Å². The number of halogens is 1. The smallest absolute Gasteiger partial charge is 0.258 e. The molecule has 3 aromatic rings. The van der Waals surface area contributed by atoms with E-state index < -0.39 is 0 Å². The molecule has 1 amide bonds. The normalized spacial score (nSPS) is 14.7. The Kier molecular flexibility index (Phi) is 5.86. The number of fused-ring (bicyclic) bond motifs is 1. The van der Waals surface area contributed by atoms with Gasteiger partial charge in [-0.05, 0) is 61.9 Å². The van der Waals surface area contributed by atoms with Gasteiger partial charge in [-0.25, -0.2) is 4.98 Å². The molecule has 0 aliphatic carbocycles. The third-order valence-electron chi connectivity index (χ3n) is 4.86. The molecule has 0 saturated heterocycles. The highest BCUT2D eigenvalue weighted by Crippen LogP contribution is 2.33. The number of nitrogens with one attached hydrogen (secondary N) is 1. The lowest BCUT2D eigenvalue weighted by Crippen LogP contribution is -2.37.